The van der Waals surface area contributed by atoms with Crippen molar-refractivity contribution in [3.8, 4) is 0 Å². The maximum absolute atomic E-state index is 13.5. The number of halogens is 2. The Kier molecular flexibility index (Phi) is 8.87. The number of hydrogen-bond donors (Lipinski definition) is 1. The van der Waals surface area contributed by atoms with Crippen molar-refractivity contribution in [2.24, 2.45) is 0 Å². The molecule has 210 valence electrons. The number of aromatic nitrogens is 1. The van der Waals surface area contributed by atoms with Gasteiger partial charge in [-0.05, 0) is 66.8 Å². The molecule has 5 rings (SSSR count). The minimum Gasteiger partial charge on any atom is -0.369 e. The molecule has 0 radical (unpaired) electrons. The van der Waals surface area contributed by atoms with Gasteiger partial charge in [0, 0.05) is 75.9 Å². The van der Waals surface area contributed by atoms with Gasteiger partial charge in [0.05, 0.1) is 0 Å². The number of piperidine rings is 1. The number of rotatable bonds is 8. The van der Waals surface area contributed by atoms with Gasteiger partial charge in [-0.3, -0.25) is 19.6 Å². The molecule has 2 aliphatic rings. The standard InChI is InChI=1S/C32H37F2N5O/c1-23-19-26(5-9-30(23)34)22-37-13-11-29(12-14-37)36-32(40)31-10-6-27(20-35-31)24(2)39-17-15-38(16-18-39)21-25-3-7-28(33)8-4-25/h3-10,19-20,29H,2,11-18,21-22H2,1H3,(H,36,40). The number of nitrogens with zero attached hydrogens (tertiary/aromatic N) is 4. The Morgan fingerprint density at radius 1 is 0.900 bits per heavy atom. The first kappa shape index (κ1) is 27.9. The van der Waals surface area contributed by atoms with Crippen molar-refractivity contribution in [2.45, 2.75) is 38.9 Å². The molecule has 2 aliphatic heterocycles. The monoisotopic (exact) mass is 545 g/mol. The third kappa shape index (κ3) is 7.11. The first-order chi connectivity index (χ1) is 19.3. The van der Waals surface area contributed by atoms with Gasteiger partial charge in [-0.15, -0.1) is 0 Å². The SMILES string of the molecule is C=C(c1ccc(C(=O)NC2CCN(Cc3ccc(F)c(C)c3)CC2)nc1)N1CCN(Cc2ccc(F)cc2)CC1. The maximum Gasteiger partial charge on any atom is 0.270 e. The Balaban J connectivity index is 1.06. The van der Waals surface area contributed by atoms with E-state index in [4.69, 9.17) is 0 Å². The van der Waals surface area contributed by atoms with Crippen LogP contribution in [0.5, 0.6) is 0 Å². The highest BCUT2D eigenvalue weighted by molar-refractivity contribution is 5.92. The molecule has 1 N–H and O–H groups in total. The summed E-state index contributed by atoms with van der Waals surface area (Å²) in [6, 6.07) is 15.8. The van der Waals surface area contributed by atoms with Crippen LogP contribution >= 0.6 is 0 Å². The molecule has 3 heterocycles. The summed E-state index contributed by atoms with van der Waals surface area (Å²) in [5.41, 5.74) is 5.11. The molecule has 8 heteroatoms. The number of carbonyl (C=O) groups is 1. The summed E-state index contributed by atoms with van der Waals surface area (Å²) in [5.74, 6) is -0.537. The molecule has 0 spiro atoms. The molecule has 0 aliphatic carbocycles. The van der Waals surface area contributed by atoms with Gasteiger partial charge < -0.3 is 10.2 Å². The van der Waals surface area contributed by atoms with Crippen LogP contribution in [0.1, 0.15) is 45.6 Å². The third-order valence-corrected chi connectivity index (χ3v) is 7.95. The van der Waals surface area contributed by atoms with E-state index in [0.29, 0.717) is 11.3 Å². The van der Waals surface area contributed by atoms with Gasteiger partial charge in [0.15, 0.2) is 0 Å². The van der Waals surface area contributed by atoms with Gasteiger partial charge >= 0.3 is 0 Å². The van der Waals surface area contributed by atoms with Gasteiger partial charge in [-0.1, -0.05) is 30.8 Å². The second-order valence-corrected chi connectivity index (χ2v) is 10.9. The van der Waals surface area contributed by atoms with Crippen LogP contribution in [-0.2, 0) is 13.1 Å². The van der Waals surface area contributed by atoms with E-state index in [9.17, 15) is 13.6 Å². The number of benzene rings is 2. The van der Waals surface area contributed by atoms with Gasteiger partial charge in [0.2, 0.25) is 0 Å². The molecule has 0 unspecified atom stereocenters. The van der Waals surface area contributed by atoms with Crippen molar-refractivity contribution in [1.29, 1.82) is 0 Å². The first-order valence-electron chi connectivity index (χ1n) is 14.0. The lowest BCUT2D eigenvalue weighted by molar-refractivity contribution is 0.0904. The third-order valence-electron chi connectivity index (χ3n) is 7.95. The zero-order valence-corrected chi connectivity index (χ0v) is 23.1. The average molecular weight is 546 g/mol. The minimum absolute atomic E-state index is 0.112. The Morgan fingerprint density at radius 2 is 1.55 bits per heavy atom. The summed E-state index contributed by atoms with van der Waals surface area (Å²) in [6.07, 6.45) is 3.47. The molecule has 1 aromatic heterocycles. The number of piperazine rings is 1. The molecule has 2 aromatic carbocycles. The summed E-state index contributed by atoms with van der Waals surface area (Å²) in [7, 11) is 0. The summed E-state index contributed by atoms with van der Waals surface area (Å²) in [5, 5.41) is 3.14. The van der Waals surface area contributed by atoms with E-state index >= 15 is 0 Å². The molecule has 1 amide bonds. The van der Waals surface area contributed by atoms with Crippen LogP contribution < -0.4 is 5.32 Å². The quantitative estimate of drug-likeness (QED) is 0.439. The summed E-state index contributed by atoms with van der Waals surface area (Å²) in [6.45, 7) is 12.9. The molecule has 2 fully saturated rings. The van der Waals surface area contributed by atoms with Crippen LogP contribution in [0, 0.1) is 18.6 Å². The van der Waals surface area contributed by atoms with Crippen LogP contribution in [0.25, 0.3) is 5.70 Å². The average Bonchev–Trinajstić information content (AvgIpc) is 2.97. The minimum atomic E-state index is -0.211. The van der Waals surface area contributed by atoms with E-state index in [2.05, 4.69) is 31.6 Å². The van der Waals surface area contributed by atoms with Crippen LogP contribution in [0.3, 0.4) is 0 Å². The number of aryl methyl sites for hydroxylation is 1. The van der Waals surface area contributed by atoms with E-state index in [1.807, 2.05) is 30.3 Å². The fourth-order valence-electron chi connectivity index (χ4n) is 5.46. The predicted octanol–water partition coefficient (Wildman–Crippen LogP) is 4.85. The van der Waals surface area contributed by atoms with Crippen molar-refractivity contribution in [2.75, 3.05) is 39.3 Å². The summed E-state index contributed by atoms with van der Waals surface area (Å²) in [4.78, 5) is 24.3. The van der Waals surface area contributed by atoms with E-state index in [0.717, 1.165) is 87.6 Å². The molecule has 3 aromatic rings. The Bertz CT molecular complexity index is 1310. The first-order valence-corrected chi connectivity index (χ1v) is 14.0. The smallest absolute Gasteiger partial charge is 0.270 e. The van der Waals surface area contributed by atoms with Crippen LogP contribution in [0.2, 0.25) is 0 Å². The largest absolute Gasteiger partial charge is 0.369 e. The number of likely N-dealkylation sites (tertiary alicyclic amines) is 1. The van der Waals surface area contributed by atoms with Crippen molar-refractivity contribution in [3.63, 3.8) is 0 Å². The Hall–Kier alpha value is -3.62. The molecular formula is C32H37F2N5O. The van der Waals surface area contributed by atoms with Crippen molar-refractivity contribution < 1.29 is 13.6 Å². The van der Waals surface area contributed by atoms with E-state index in [1.165, 1.54) is 18.2 Å². The number of hydrogen-bond acceptors (Lipinski definition) is 5. The summed E-state index contributed by atoms with van der Waals surface area (Å²) < 4.78 is 26.7. The van der Waals surface area contributed by atoms with Crippen LogP contribution in [0.15, 0.2) is 67.4 Å². The fourth-order valence-corrected chi connectivity index (χ4v) is 5.46. The second kappa shape index (κ2) is 12.7. The van der Waals surface area contributed by atoms with Gasteiger partial charge in [0.25, 0.3) is 5.91 Å². The Labute approximate surface area is 235 Å². The molecular weight excluding hydrogens is 508 g/mol. The summed E-state index contributed by atoms with van der Waals surface area (Å²) >= 11 is 0. The van der Waals surface area contributed by atoms with Crippen molar-refractivity contribution in [3.05, 3.63) is 107 Å². The van der Waals surface area contributed by atoms with E-state index in [1.54, 1.807) is 19.2 Å². The van der Waals surface area contributed by atoms with E-state index in [-0.39, 0.29) is 23.6 Å². The number of carbonyl (C=O) groups excluding carboxylic acids is 1. The van der Waals surface area contributed by atoms with Crippen molar-refractivity contribution in [1.82, 2.24) is 25.0 Å². The molecule has 6 nitrogen and oxygen atoms in total. The molecule has 0 bridgehead atoms. The maximum atomic E-state index is 13.5. The highest BCUT2D eigenvalue weighted by atomic mass is 19.1. The lowest BCUT2D eigenvalue weighted by Gasteiger charge is -2.37. The topological polar surface area (TPSA) is 51.7 Å². The molecule has 0 atom stereocenters. The number of amides is 1. The number of nitrogens with one attached hydrogen (secondary N) is 1. The highest BCUT2D eigenvalue weighted by Gasteiger charge is 2.23. The van der Waals surface area contributed by atoms with E-state index < -0.39 is 0 Å². The van der Waals surface area contributed by atoms with Gasteiger partial charge in [0.1, 0.15) is 17.3 Å². The highest BCUT2D eigenvalue weighted by Crippen LogP contribution is 2.21. The molecule has 2 saturated heterocycles. The number of pyridine rings is 1. The van der Waals surface area contributed by atoms with Gasteiger partial charge in [-0.25, -0.2) is 8.78 Å². The van der Waals surface area contributed by atoms with Gasteiger partial charge in [-0.2, -0.15) is 0 Å². The van der Waals surface area contributed by atoms with Crippen molar-refractivity contribution >= 4 is 11.6 Å². The fraction of sp³-hybridized carbons (Fsp3) is 0.375. The van der Waals surface area contributed by atoms with Crippen LogP contribution in [0.4, 0.5) is 8.78 Å². The zero-order chi connectivity index (χ0) is 28.1. The van der Waals surface area contributed by atoms with Crippen LogP contribution in [-0.4, -0.2) is 70.9 Å². The second-order valence-electron chi connectivity index (χ2n) is 10.9. The molecule has 0 saturated carbocycles. The lowest BCUT2D eigenvalue weighted by atomic mass is 10.0. The zero-order valence-electron chi connectivity index (χ0n) is 23.1. The Morgan fingerprint density at radius 3 is 2.20 bits per heavy atom. The molecule has 40 heavy (non-hydrogen) atoms. The normalized spacial score (nSPS) is 17.1. The predicted molar refractivity (Wildman–Crippen MR) is 153 cm³/mol. The lowest BCUT2D eigenvalue weighted by Crippen LogP contribution is -2.45.